The first-order chi connectivity index (χ1) is 25.8. The van der Waals surface area contributed by atoms with E-state index in [1.54, 1.807) is 25.2 Å². The summed E-state index contributed by atoms with van der Waals surface area (Å²) in [6, 6.07) is 24.2. The molecule has 14 heteroatoms. The molecule has 0 spiro atoms. The lowest BCUT2D eigenvalue weighted by Gasteiger charge is -2.36. The van der Waals surface area contributed by atoms with Gasteiger partial charge in [0.1, 0.15) is 5.75 Å². The number of nitrogens with zero attached hydrogens (tertiary/aromatic N) is 4. The third-order valence-electron chi connectivity index (χ3n) is 9.77. The van der Waals surface area contributed by atoms with Crippen LogP contribution in [0.5, 0.6) is 5.75 Å². The van der Waals surface area contributed by atoms with Crippen molar-refractivity contribution in [1.29, 1.82) is 0 Å². The Morgan fingerprint density at radius 2 is 1.59 bits per heavy atom. The quantitative estimate of drug-likeness (QED) is 0.111. The van der Waals surface area contributed by atoms with Gasteiger partial charge in [-0.1, -0.05) is 48.5 Å². The van der Waals surface area contributed by atoms with Crippen molar-refractivity contribution in [1.82, 2.24) is 13.5 Å². The van der Waals surface area contributed by atoms with Crippen LogP contribution in [0.3, 0.4) is 0 Å². The first kappa shape index (κ1) is 39.5. The van der Waals surface area contributed by atoms with Gasteiger partial charge in [-0.2, -0.15) is 30.2 Å². The van der Waals surface area contributed by atoms with E-state index in [0.29, 0.717) is 56.1 Å². The van der Waals surface area contributed by atoms with Crippen molar-refractivity contribution in [2.24, 2.45) is 0 Å². The Morgan fingerprint density at radius 3 is 2.30 bits per heavy atom. The summed E-state index contributed by atoms with van der Waals surface area (Å²) in [4.78, 5) is 17.0. The molecule has 2 atom stereocenters. The van der Waals surface area contributed by atoms with Crippen LogP contribution >= 0.6 is 0 Å². The summed E-state index contributed by atoms with van der Waals surface area (Å²) in [6.07, 6.45) is -4.34. The number of rotatable bonds is 13. The fraction of sp³-hybridized carbons (Fsp3) is 0.425. The fourth-order valence-corrected chi connectivity index (χ4v) is 8.45. The van der Waals surface area contributed by atoms with E-state index >= 15 is 0 Å². The van der Waals surface area contributed by atoms with Crippen LogP contribution in [0.2, 0.25) is 0 Å². The number of fused-ring (bicyclic) bond motifs is 1. The third kappa shape index (κ3) is 9.71. The maximum Gasteiger partial charge on any atom is 0.416 e. The van der Waals surface area contributed by atoms with Gasteiger partial charge in [0.15, 0.2) is 0 Å². The zero-order chi connectivity index (χ0) is 38.5. The van der Waals surface area contributed by atoms with Gasteiger partial charge in [-0.15, -0.1) is 0 Å². The molecule has 4 aromatic rings. The first-order valence-corrected chi connectivity index (χ1v) is 19.6. The van der Waals surface area contributed by atoms with Gasteiger partial charge < -0.3 is 19.1 Å². The van der Waals surface area contributed by atoms with Crippen molar-refractivity contribution < 1.29 is 40.6 Å². The number of carbonyl (C=O) groups is 1. The lowest BCUT2D eigenvalue weighted by atomic mass is 10.0. The molecule has 0 radical (unpaired) electrons. The summed E-state index contributed by atoms with van der Waals surface area (Å²) in [5.74, 6) is 0.125. The summed E-state index contributed by atoms with van der Waals surface area (Å²) in [5, 5.41) is 1.86. The summed E-state index contributed by atoms with van der Waals surface area (Å²) in [7, 11) is -2.19. The van der Waals surface area contributed by atoms with Gasteiger partial charge in [-0.05, 0) is 66.6 Å². The minimum absolute atomic E-state index is 0.111. The predicted molar refractivity (Wildman–Crippen MR) is 202 cm³/mol. The molecule has 2 aliphatic rings. The number of ether oxygens (including phenoxy) is 3. The van der Waals surface area contributed by atoms with E-state index in [4.69, 9.17) is 14.2 Å². The third-order valence-corrected chi connectivity index (χ3v) is 11.6. The number of alkyl halides is 3. The monoisotopic (exact) mass is 768 g/mol. The standard InChI is InChI=1S/C40H47F3N4O6S/c1-29-25-47(26-30(2)53-29)54(49,50)44(3)28-37-36-11-5-4-8-32(36)16-17-38(37)51-22-7-23-52-39(48)33-14-12-31(13-15-33)27-45-18-20-46(21-19-45)35-10-6-9-34(24-35)40(41,42)43/h4-6,8-17,24,29-30H,7,18-23,25-28H2,1-3H3. The first-order valence-electron chi connectivity index (χ1n) is 18.2. The van der Waals surface area contributed by atoms with Gasteiger partial charge in [-0.25, -0.2) is 4.79 Å². The van der Waals surface area contributed by atoms with E-state index in [2.05, 4.69) is 4.90 Å². The molecule has 54 heavy (non-hydrogen) atoms. The van der Waals surface area contributed by atoms with Crippen molar-refractivity contribution >= 4 is 32.6 Å². The Kier molecular flexibility index (Phi) is 12.5. The fourth-order valence-electron chi connectivity index (χ4n) is 6.97. The predicted octanol–water partition coefficient (Wildman–Crippen LogP) is 6.59. The smallest absolute Gasteiger partial charge is 0.416 e. The van der Waals surface area contributed by atoms with Crippen LogP contribution < -0.4 is 9.64 Å². The minimum Gasteiger partial charge on any atom is -0.493 e. The van der Waals surface area contributed by atoms with Crippen molar-refractivity contribution in [2.45, 2.75) is 51.7 Å². The molecule has 2 unspecified atom stereocenters. The molecule has 2 aliphatic heterocycles. The molecule has 4 aromatic carbocycles. The van der Waals surface area contributed by atoms with Crippen LogP contribution in [-0.2, 0) is 38.9 Å². The molecule has 0 amide bonds. The maximum absolute atomic E-state index is 13.6. The van der Waals surface area contributed by atoms with Crippen LogP contribution in [0.1, 0.15) is 47.3 Å². The average Bonchev–Trinajstić information content (AvgIpc) is 3.15. The molecule has 10 nitrogen and oxygen atoms in total. The highest BCUT2D eigenvalue weighted by Gasteiger charge is 2.34. The number of carbonyl (C=O) groups excluding carboxylic acids is 1. The highest BCUT2D eigenvalue weighted by Crippen LogP contribution is 2.33. The normalized spacial score (nSPS) is 19.0. The number of benzene rings is 4. The van der Waals surface area contributed by atoms with Crippen molar-refractivity contribution in [3.05, 3.63) is 107 Å². The number of anilines is 1. The van der Waals surface area contributed by atoms with E-state index in [9.17, 15) is 26.4 Å². The van der Waals surface area contributed by atoms with Crippen LogP contribution in [0.4, 0.5) is 18.9 Å². The minimum atomic E-state index is -4.37. The lowest BCUT2D eigenvalue weighted by molar-refractivity contribution is -0.137. The molecule has 0 N–H and O–H groups in total. The molecular formula is C40H47F3N4O6S. The van der Waals surface area contributed by atoms with Crippen LogP contribution in [0.15, 0.2) is 84.9 Å². The summed E-state index contributed by atoms with van der Waals surface area (Å²) < 4.78 is 86.9. The van der Waals surface area contributed by atoms with Crippen LogP contribution in [-0.4, -0.2) is 99.6 Å². The topological polar surface area (TPSA) is 91.9 Å². The number of hydrogen-bond donors (Lipinski definition) is 0. The van der Waals surface area contributed by atoms with E-state index < -0.39 is 27.9 Å². The Balaban J connectivity index is 0.973. The summed E-state index contributed by atoms with van der Waals surface area (Å²) in [6.45, 7) is 8.11. The summed E-state index contributed by atoms with van der Waals surface area (Å²) >= 11 is 0. The number of piperazine rings is 1. The van der Waals surface area contributed by atoms with Crippen molar-refractivity contribution in [2.75, 3.05) is 64.4 Å². The Labute approximate surface area is 315 Å². The molecular weight excluding hydrogens is 722 g/mol. The molecule has 2 heterocycles. The zero-order valence-corrected chi connectivity index (χ0v) is 31.6. The Morgan fingerprint density at radius 1 is 0.889 bits per heavy atom. The average molecular weight is 769 g/mol. The zero-order valence-electron chi connectivity index (χ0n) is 30.8. The maximum atomic E-state index is 13.6. The highest BCUT2D eigenvalue weighted by atomic mass is 32.2. The molecule has 0 aromatic heterocycles. The van der Waals surface area contributed by atoms with Gasteiger partial charge in [0.2, 0.25) is 0 Å². The molecule has 0 bridgehead atoms. The number of hydrogen-bond acceptors (Lipinski definition) is 8. The molecule has 0 aliphatic carbocycles. The Hall–Kier alpha value is -4.21. The van der Waals surface area contributed by atoms with Crippen molar-refractivity contribution in [3.63, 3.8) is 0 Å². The molecule has 6 rings (SSSR count). The van der Waals surface area contributed by atoms with E-state index in [1.807, 2.05) is 67.3 Å². The van der Waals surface area contributed by atoms with Gasteiger partial charge in [-0.3, -0.25) is 4.90 Å². The summed E-state index contributed by atoms with van der Waals surface area (Å²) in [5.41, 5.74) is 2.13. The van der Waals surface area contributed by atoms with Gasteiger partial charge >= 0.3 is 12.1 Å². The molecule has 0 saturated carbocycles. The van der Waals surface area contributed by atoms with E-state index in [0.717, 1.165) is 28.0 Å². The second-order valence-electron chi connectivity index (χ2n) is 13.9. The molecule has 2 fully saturated rings. The van der Waals surface area contributed by atoms with Crippen LogP contribution in [0, 0.1) is 0 Å². The van der Waals surface area contributed by atoms with Crippen LogP contribution in [0.25, 0.3) is 10.8 Å². The second-order valence-corrected chi connectivity index (χ2v) is 16.0. The molecule has 290 valence electrons. The van der Waals surface area contributed by atoms with E-state index in [1.165, 1.54) is 20.7 Å². The van der Waals surface area contributed by atoms with Gasteiger partial charge in [0.05, 0.1) is 36.5 Å². The van der Waals surface area contributed by atoms with Gasteiger partial charge in [0.25, 0.3) is 10.2 Å². The largest absolute Gasteiger partial charge is 0.493 e. The number of halogens is 3. The number of morpholine rings is 1. The molecule has 2 saturated heterocycles. The van der Waals surface area contributed by atoms with Crippen molar-refractivity contribution in [3.8, 4) is 5.75 Å². The number of esters is 1. The highest BCUT2D eigenvalue weighted by molar-refractivity contribution is 7.86. The van der Waals surface area contributed by atoms with Gasteiger partial charge in [0, 0.05) is 77.1 Å². The van der Waals surface area contributed by atoms with E-state index in [-0.39, 0.29) is 45.1 Å². The lowest BCUT2D eigenvalue weighted by Crippen LogP contribution is -2.52. The SMILES string of the molecule is CC1CN(S(=O)(=O)N(C)Cc2c(OCCCOC(=O)c3ccc(CN4CCN(c5cccc(C(F)(F)F)c5)CC4)cc3)ccc3ccccc23)CC(C)O1. The Bertz CT molecular complexity index is 2000. The second kappa shape index (κ2) is 17.1.